The van der Waals surface area contributed by atoms with Crippen LogP contribution in [0.2, 0.25) is 0 Å². The Bertz CT molecular complexity index is 300. The number of carbonyl (C=O) groups is 2. The quantitative estimate of drug-likeness (QED) is 0.740. The van der Waals surface area contributed by atoms with E-state index in [1.54, 1.807) is 0 Å². The zero-order valence-electron chi connectivity index (χ0n) is 11.9. The van der Waals surface area contributed by atoms with E-state index in [0.717, 1.165) is 6.42 Å². The molecule has 1 amide bonds. The standard InChI is InChI=1S/C14H25NO4/c1-10(8-11-6-4-3-5-7-11)13(16)15-9-12(19-2)14(17)18/h10-12H,3-9H2,1-2H3,(H,15,16)(H,17,18). The van der Waals surface area contributed by atoms with Crippen LogP contribution in [0, 0.1) is 11.8 Å². The minimum atomic E-state index is -1.05. The van der Waals surface area contributed by atoms with Crippen molar-refractivity contribution in [2.45, 2.75) is 51.6 Å². The molecule has 19 heavy (non-hydrogen) atoms. The molecule has 2 N–H and O–H groups in total. The van der Waals surface area contributed by atoms with Gasteiger partial charge in [-0.25, -0.2) is 4.79 Å². The fourth-order valence-electron chi connectivity index (χ4n) is 2.67. The highest BCUT2D eigenvalue weighted by molar-refractivity contribution is 5.79. The fraction of sp³-hybridized carbons (Fsp3) is 0.857. The first-order chi connectivity index (χ1) is 9.04. The van der Waals surface area contributed by atoms with Crippen LogP contribution >= 0.6 is 0 Å². The van der Waals surface area contributed by atoms with Gasteiger partial charge in [-0.15, -0.1) is 0 Å². The van der Waals surface area contributed by atoms with Crippen LogP contribution in [-0.4, -0.2) is 36.7 Å². The maximum absolute atomic E-state index is 11.9. The molecule has 5 nitrogen and oxygen atoms in total. The summed E-state index contributed by atoms with van der Waals surface area (Å²) in [6.07, 6.45) is 6.21. The minimum absolute atomic E-state index is 0.0275. The third-order valence-electron chi connectivity index (χ3n) is 3.88. The molecular formula is C14H25NO4. The number of carboxylic acid groups (broad SMARTS) is 1. The average molecular weight is 271 g/mol. The van der Waals surface area contributed by atoms with Crippen LogP contribution in [0.5, 0.6) is 0 Å². The second-order valence-corrected chi connectivity index (χ2v) is 5.45. The van der Waals surface area contributed by atoms with Crippen LogP contribution < -0.4 is 5.32 Å². The Balaban J connectivity index is 2.29. The monoisotopic (exact) mass is 271 g/mol. The number of hydrogen-bond donors (Lipinski definition) is 2. The Labute approximate surface area is 114 Å². The van der Waals surface area contributed by atoms with Gasteiger partial charge in [0, 0.05) is 13.0 Å². The van der Waals surface area contributed by atoms with Crippen molar-refractivity contribution in [3.63, 3.8) is 0 Å². The topological polar surface area (TPSA) is 75.6 Å². The molecule has 0 aromatic carbocycles. The van der Waals surface area contributed by atoms with Crippen molar-refractivity contribution in [2.75, 3.05) is 13.7 Å². The lowest BCUT2D eigenvalue weighted by molar-refractivity contribution is -0.148. The van der Waals surface area contributed by atoms with Crippen LogP contribution in [0.3, 0.4) is 0 Å². The molecule has 1 fully saturated rings. The van der Waals surface area contributed by atoms with Crippen molar-refractivity contribution in [3.8, 4) is 0 Å². The second-order valence-electron chi connectivity index (χ2n) is 5.45. The predicted molar refractivity (Wildman–Crippen MR) is 71.8 cm³/mol. The lowest BCUT2D eigenvalue weighted by Gasteiger charge is -2.24. The molecule has 0 aromatic rings. The molecule has 110 valence electrons. The maximum atomic E-state index is 11.9. The molecular weight excluding hydrogens is 246 g/mol. The van der Waals surface area contributed by atoms with E-state index in [9.17, 15) is 9.59 Å². The summed E-state index contributed by atoms with van der Waals surface area (Å²) in [6, 6.07) is 0. The Morgan fingerprint density at radius 2 is 1.95 bits per heavy atom. The van der Waals surface area contributed by atoms with Crippen molar-refractivity contribution < 1.29 is 19.4 Å². The molecule has 0 aliphatic heterocycles. The number of ether oxygens (including phenoxy) is 1. The van der Waals surface area contributed by atoms with Gasteiger partial charge < -0.3 is 15.2 Å². The van der Waals surface area contributed by atoms with Gasteiger partial charge in [0.1, 0.15) is 0 Å². The van der Waals surface area contributed by atoms with E-state index in [1.807, 2.05) is 6.92 Å². The average Bonchev–Trinajstić information content (AvgIpc) is 2.39. The van der Waals surface area contributed by atoms with Gasteiger partial charge in [0.15, 0.2) is 6.10 Å². The predicted octanol–water partition coefficient (Wildman–Crippen LogP) is 1.81. The smallest absolute Gasteiger partial charge is 0.334 e. The van der Waals surface area contributed by atoms with Crippen molar-refractivity contribution in [2.24, 2.45) is 11.8 Å². The van der Waals surface area contributed by atoms with E-state index in [1.165, 1.54) is 39.2 Å². The third-order valence-corrected chi connectivity index (χ3v) is 3.88. The SMILES string of the molecule is COC(CNC(=O)C(C)CC1CCCCC1)C(=O)O. The van der Waals surface area contributed by atoms with Gasteiger partial charge in [-0.2, -0.15) is 0 Å². The number of aliphatic carboxylic acids is 1. The normalized spacial score (nSPS) is 19.7. The first kappa shape index (κ1) is 16.0. The molecule has 2 atom stereocenters. The van der Waals surface area contributed by atoms with E-state index in [-0.39, 0.29) is 18.4 Å². The van der Waals surface area contributed by atoms with Gasteiger partial charge in [0.25, 0.3) is 0 Å². The summed E-state index contributed by atoms with van der Waals surface area (Å²) in [4.78, 5) is 22.7. The van der Waals surface area contributed by atoms with E-state index < -0.39 is 12.1 Å². The second kappa shape index (κ2) is 8.15. The summed E-state index contributed by atoms with van der Waals surface area (Å²) in [5, 5.41) is 11.5. The summed E-state index contributed by atoms with van der Waals surface area (Å²) in [7, 11) is 1.33. The highest BCUT2D eigenvalue weighted by atomic mass is 16.5. The zero-order valence-corrected chi connectivity index (χ0v) is 11.9. The van der Waals surface area contributed by atoms with Gasteiger partial charge >= 0.3 is 5.97 Å². The molecule has 0 radical (unpaired) electrons. The summed E-state index contributed by atoms with van der Waals surface area (Å²) in [5.41, 5.74) is 0. The molecule has 0 spiro atoms. The van der Waals surface area contributed by atoms with E-state index >= 15 is 0 Å². The van der Waals surface area contributed by atoms with Crippen LogP contribution in [0.1, 0.15) is 45.4 Å². The minimum Gasteiger partial charge on any atom is -0.479 e. The molecule has 0 bridgehead atoms. The molecule has 1 rings (SSSR count). The molecule has 0 aromatic heterocycles. The number of amides is 1. The van der Waals surface area contributed by atoms with E-state index in [4.69, 9.17) is 9.84 Å². The first-order valence-electron chi connectivity index (χ1n) is 7.08. The maximum Gasteiger partial charge on any atom is 0.334 e. The van der Waals surface area contributed by atoms with Gasteiger partial charge in [-0.05, 0) is 12.3 Å². The van der Waals surface area contributed by atoms with Crippen molar-refractivity contribution in [1.29, 1.82) is 0 Å². The molecule has 0 saturated heterocycles. The molecule has 1 aliphatic rings. The number of nitrogens with one attached hydrogen (secondary N) is 1. The zero-order chi connectivity index (χ0) is 14.3. The fourth-order valence-corrected chi connectivity index (χ4v) is 2.67. The van der Waals surface area contributed by atoms with Gasteiger partial charge in [0.05, 0.1) is 6.54 Å². The van der Waals surface area contributed by atoms with Crippen LogP contribution in [0.4, 0.5) is 0 Å². The highest BCUT2D eigenvalue weighted by Gasteiger charge is 2.22. The summed E-state index contributed by atoms with van der Waals surface area (Å²) < 4.78 is 4.78. The van der Waals surface area contributed by atoms with Gasteiger partial charge in [0.2, 0.25) is 5.91 Å². The summed E-state index contributed by atoms with van der Waals surface area (Å²) in [6.45, 7) is 1.94. The number of carbonyl (C=O) groups excluding carboxylic acids is 1. The largest absolute Gasteiger partial charge is 0.479 e. The van der Waals surface area contributed by atoms with Crippen LogP contribution in [0.15, 0.2) is 0 Å². The Hall–Kier alpha value is -1.10. The molecule has 1 saturated carbocycles. The van der Waals surface area contributed by atoms with Crippen molar-refractivity contribution in [3.05, 3.63) is 0 Å². The number of carboxylic acids is 1. The Kier molecular flexibility index (Phi) is 6.84. The first-order valence-corrected chi connectivity index (χ1v) is 7.08. The van der Waals surface area contributed by atoms with E-state index in [2.05, 4.69) is 5.32 Å². The van der Waals surface area contributed by atoms with Gasteiger partial charge in [-0.3, -0.25) is 4.79 Å². The lowest BCUT2D eigenvalue weighted by Crippen LogP contribution is -2.40. The van der Waals surface area contributed by atoms with E-state index in [0.29, 0.717) is 5.92 Å². The molecule has 2 unspecified atom stereocenters. The lowest BCUT2D eigenvalue weighted by atomic mass is 9.83. The molecule has 0 heterocycles. The van der Waals surface area contributed by atoms with Crippen molar-refractivity contribution >= 4 is 11.9 Å². The number of hydrogen-bond acceptors (Lipinski definition) is 3. The summed E-state index contributed by atoms with van der Waals surface area (Å²) >= 11 is 0. The summed E-state index contributed by atoms with van der Waals surface area (Å²) in [5.74, 6) is -0.543. The number of rotatable bonds is 7. The number of methoxy groups -OCH3 is 1. The van der Waals surface area contributed by atoms with Crippen LogP contribution in [0.25, 0.3) is 0 Å². The Morgan fingerprint density at radius 3 is 2.47 bits per heavy atom. The molecule has 1 aliphatic carbocycles. The molecule has 5 heteroatoms. The Morgan fingerprint density at radius 1 is 1.32 bits per heavy atom. The van der Waals surface area contributed by atoms with Gasteiger partial charge in [-0.1, -0.05) is 39.0 Å². The third kappa shape index (κ3) is 5.59. The highest BCUT2D eigenvalue weighted by Crippen LogP contribution is 2.28. The van der Waals surface area contributed by atoms with Crippen LogP contribution in [-0.2, 0) is 14.3 Å². The van der Waals surface area contributed by atoms with Crippen molar-refractivity contribution in [1.82, 2.24) is 5.32 Å².